The van der Waals surface area contributed by atoms with Crippen molar-refractivity contribution in [3.63, 3.8) is 0 Å². The van der Waals surface area contributed by atoms with Gasteiger partial charge in [-0.3, -0.25) is 4.79 Å². The van der Waals surface area contributed by atoms with Crippen molar-refractivity contribution >= 4 is 35.0 Å². The molecule has 23 heavy (non-hydrogen) atoms. The summed E-state index contributed by atoms with van der Waals surface area (Å²) in [6.07, 6.45) is 1.46. The summed E-state index contributed by atoms with van der Waals surface area (Å²) < 4.78 is 9.71. The molecule has 1 aromatic rings. The van der Waals surface area contributed by atoms with Gasteiger partial charge in [-0.2, -0.15) is 0 Å². The first-order chi connectivity index (χ1) is 11.1. The van der Waals surface area contributed by atoms with Crippen LogP contribution in [0.2, 0.25) is 0 Å². The highest BCUT2D eigenvalue weighted by molar-refractivity contribution is 7.12. The summed E-state index contributed by atoms with van der Waals surface area (Å²) in [4.78, 5) is 37.7. The lowest BCUT2D eigenvalue weighted by Crippen LogP contribution is -2.44. The molecule has 1 N–H and O–H groups in total. The van der Waals surface area contributed by atoms with E-state index in [4.69, 9.17) is 4.74 Å². The van der Waals surface area contributed by atoms with Gasteiger partial charge in [-0.25, -0.2) is 9.59 Å². The van der Waals surface area contributed by atoms with E-state index in [0.717, 1.165) is 6.42 Å². The van der Waals surface area contributed by atoms with Crippen molar-refractivity contribution < 1.29 is 23.9 Å². The highest BCUT2D eigenvalue weighted by Crippen LogP contribution is 2.24. The van der Waals surface area contributed by atoms with Crippen molar-refractivity contribution in [1.29, 1.82) is 0 Å². The van der Waals surface area contributed by atoms with E-state index in [9.17, 15) is 14.4 Å². The van der Waals surface area contributed by atoms with Crippen molar-refractivity contribution in [2.45, 2.75) is 19.8 Å². The molecular formula is C15H20N2O5S. The predicted molar refractivity (Wildman–Crippen MR) is 85.6 cm³/mol. The van der Waals surface area contributed by atoms with Crippen LogP contribution < -0.4 is 5.32 Å². The molecule has 0 saturated carbocycles. The quantitative estimate of drug-likeness (QED) is 0.851. The lowest BCUT2D eigenvalue weighted by Gasteiger charge is -2.31. The molecule has 1 saturated heterocycles. The number of carbonyl (C=O) groups excluding carboxylic acids is 3. The van der Waals surface area contributed by atoms with Gasteiger partial charge in [-0.1, -0.05) is 0 Å². The molecule has 0 aliphatic carbocycles. The summed E-state index contributed by atoms with van der Waals surface area (Å²) in [7, 11) is 1.29. The molecule has 0 unspecified atom stereocenters. The maximum absolute atomic E-state index is 12.4. The molecule has 1 aliphatic heterocycles. The van der Waals surface area contributed by atoms with Gasteiger partial charge in [0, 0.05) is 13.1 Å². The van der Waals surface area contributed by atoms with Crippen molar-refractivity contribution in [3.05, 3.63) is 16.3 Å². The summed E-state index contributed by atoms with van der Waals surface area (Å²) in [6.45, 7) is 2.98. The number of anilines is 1. The first-order valence-corrected chi connectivity index (χ1v) is 8.33. The molecule has 0 radical (unpaired) electrons. The van der Waals surface area contributed by atoms with Crippen LogP contribution >= 0.6 is 11.3 Å². The Morgan fingerprint density at radius 1 is 1.43 bits per heavy atom. The average Bonchev–Trinajstić information content (AvgIpc) is 3.02. The number of methoxy groups -OCH3 is 1. The Kier molecular flexibility index (Phi) is 5.97. The molecule has 7 nitrogen and oxygen atoms in total. The number of ether oxygens (including phenoxy) is 2. The second-order valence-corrected chi connectivity index (χ2v) is 6.04. The monoisotopic (exact) mass is 340 g/mol. The first-order valence-electron chi connectivity index (χ1n) is 7.45. The van der Waals surface area contributed by atoms with E-state index < -0.39 is 5.97 Å². The second-order valence-electron chi connectivity index (χ2n) is 5.12. The molecule has 2 heterocycles. The number of hydrogen-bond donors (Lipinski definition) is 1. The molecule has 8 heteroatoms. The van der Waals surface area contributed by atoms with Gasteiger partial charge in [0.05, 0.1) is 25.3 Å². The van der Waals surface area contributed by atoms with E-state index in [1.54, 1.807) is 23.3 Å². The van der Waals surface area contributed by atoms with Crippen LogP contribution in [-0.4, -0.2) is 49.7 Å². The zero-order valence-corrected chi connectivity index (χ0v) is 14.0. The van der Waals surface area contributed by atoms with Crippen molar-refractivity contribution in [3.8, 4) is 0 Å². The molecular weight excluding hydrogens is 320 g/mol. The van der Waals surface area contributed by atoms with Gasteiger partial charge in [0.1, 0.15) is 4.88 Å². The Balaban J connectivity index is 1.99. The van der Waals surface area contributed by atoms with Crippen molar-refractivity contribution in [2.24, 2.45) is 5.92 Å². The van der Waals surface area contributed by atoms with Gasteiger partial charge in [0.25, 0.3) is 0 Å². The number of thiophene rings is 1. The molecule has 0 bridgehead atoms. The maximum atomic E-state index is 12.4. The van der Waals surface area contributed by atoms with Gasteiger partial charge < -0.3 is 19.7 Å². The number of piperidine rings is 1. The van der Waals surface area contributed by atoms with Crippen LogP contribution in [0, 0.1) is 5.92 Å². The fourth-order valence-electron chi connectivity index (χ4n) is 2.47. The van der Waals surface area contributed by atoms with Crippen molar-refractivity contribution in [2.75, 3.05) is 32.1 Å². The molecule has 2 rings (SSSR count). The number of hydrogen-bond acceptors (Lipinski definition) is 6. The van der Waals surface area contributed by atoms with Crippen LogP contribution in [0.1, 0.15) is 29.4 Å². The van der Waals surface area contributed by atoms with Crippen LogP contribution in [0.5, 0.6) is 0 Å². The number of nitrogens with zero attached hydrogens (tertiary/aromatic N) is 1. The number of carbonyl (C=O) groups is 3. The maximum Gasteiger partial charge on any atom is 0.350 e. The number of nitrogens with one attached hydrogen (secondary N) is 1. The minimum Gasteiger partial charge on any atom is -0.466 e. The predicted octanol–water partition coefficient (Wildman–Crippen LogP) is 2.34. The molecule has 1 fully saturated rings. The molecule has 2 amide bonds. The van der Waals surface area contributed by atoms with E-state index in [-0.39, 0.29) is 17.9 Å². The van der Waals surface area contributed by atoms with E-state index >= 15 is 0 Å². The fraction of sp³-hybridized carbons (Fsp3) is 0.533. The molecule has 126 valence electrons. The van der Waals surface area contributed by atoms with Gasteiger partial charge in [0.15, 0.2) is 0 Å². The first kappa shape index (κ1) is 17.3. The van der Waals surface area contributed by atoms with Crippen molar-refractivity contribution in [1.82, 2.24) is 4.90 Å². The highest BCUT2D eigenvalue weighted by atomic mass is 32.1. The van der Waals surface area contributed by atoms with Gasteiger partial charge >= 0.3 is 18.0 Å². The molecule has 1 aromatic heterocycles. The second kappa shape index (κ2) is 7.96. The van der Waals surface area contributed by atoms with Crippen LogP contribution in [0.4, 0.5) is 10.5 Å². The zero-order chi connectivity index (χ0) is 16.8. The standard InChI is InChI=1S/C15H20N2O5S/c1-3-22-13(18)10-5-4-7-17(9-10)15(20)16-11-6-8-23-12(11)14(19)21-2/h6,8,10H,3-5,7,9H2,1-2H3,(H,16,20)/t10-/m0/s1. The Bertz CT molecular complexity index is 586. The third-order valence-electron chi connectivity index (χ3n) is 3.61. The molecule has 1 atom stereocenters. The third-order valence-corrected chi connectivity index (χ3v) is 4.50. The van der Waals surface area contributed by atoms with E-state index in [1.807, 2.05) is 0 Å². The summed E-state index contributed by atoms with van der Waals surface area (Å²) in [5.41, 5.74) is 0.421. The minimum atomic E-state index is -0.488. The number of urea groups is 1. The minimum absolute atomic E-state index is 0.268. The van der Waals surface area contributed by atoms with Crippen LogP contribution in [0.15, 0.2) is 11.4 Å². The lowest BCUT2D eigenvalue weighted by molar-refractivity contribution is -0.149. The number of esters is 2. The third kappa shape index (κ3) is 4.22. The summed E-state index contributed by atoms with van der Waals surface area (Å²) in [6, 6.07) is 1.32. The SMILES string of the molecule is CCOC(=O)[C@H]1CCCN(C(=O)Nc2ccsc2C(=O)OC)C1. The largest absolute Gasteiger partial charge is 0.466 e. The smallest absolute Gasteiger partial charge is 0.350 e. The van der Waals surface area contributed by atoms with Gasteiger partial charge in [-0.05, 0) is 31.2 Å². The average molecular weight is 340 g/mol. The van der Waals surface area contributed by atoms with Gasteiger partial charge in [0.2, 0.25) is 0 Å². The highest BCUT2D eigenvalue weighted by Gasteiger charge is 2.30. The van der Waals surface area contributed by atoms with E-state index in [1.165, 1.54) is 18.4 Å². The number of rotatable bonds is 4. The zero-order valence-electron chi connectivity index (χ0n) is 13.2. The number of amides is 2. The molecule has 0 spiro atoms. The van der Waals surface area contributed by atoms with E-state index in [0.29, 0.717) is 36.7 Å². The van der Waals surface area contributed by atoms with Gasteiger partial charge in [-0.15, -0.1) is 11.3 Å². The normalized spacial score (nSPS) is 17.5. The van der Waals surface area contributed by atoms with Crippen LogP contribution in [-0.2, 0) is 14.3 Å². The lowest BCUT2D eigenvalue weighted by atomic mass is 9.98. The molecule has 0 aromatic carbocycles. The van der Waals surface area contributed by atoms with Crippen LogP contribution in [0.3, 0.4) is 0 Å². The Hall–Kier alpha value is -2.09. The Labute approximate surface area is 138 Å². The summed E-state index contributed by atoms with van der Waals surface area (Å²) >= 11 is 1.20. The Morgan fingerprint density at radius 2 is 2.22 bits per heavy atom. The Morgan fingerprint density at radius 3 is 2.91 bits per heavy atom. The number of likely N-dealkylation sites (tertiary alicyclic amines) is 1. The molecule has 1 aliphatic rings. The fourth-order valence-corrected chi connectivity index (χ4v) is 3.23. The van der Waals surface area contributed by atoms with E-state index in [2.05, 4.69) is 10.1 Å². The topological polar surface area (TPSA) is 84.9 Å². The summed E-state index contributed by atoms with van der Waals surface area (Å²) in [5.74, 6) is -1.05. The summed E-state index contributed by atoms with van der Waals surface area (Å²) in [5, 5.41) is 4.42. The van der Waals surface area contributed by atoms with Crippen LogP contribution in [0.25, 0.3) is 0 Å².